The zero-order chi connectivity index (χ0) is 9.30. The summed E-state index contributed by atoms with van der Waals surface area (Å²) < 4.78 is 0. The summed E-state index contributed by atoms with van der Waals surface area (Å²) in [5, 5.41) is 1.54. The Labute approximate surface area is 77.7 Å². The first-order valence-electron chi connectivity index (χ1n) is 4.27. The summed E-state index contributed by atoms with van der Waals surface area (Å²) in [5.41, 5.74) is 5.54. The van der Waals surface area contributed by atoms with E-state index in [4.69, 9.17) is 0 Å². The van der Waals surface area contributed by atoms with Crippen LogP contribution in [0, 0.1) is 20.8 Å². The van der Waals surface area contributed by atoms with Crippen LogP contribution in [0.1, 0.15) is 22.3 Å². The van der Waals surface area contributed by atoms with Crippen molar-refractivity contribution in [3.05, 3.63) is 34.9 Å². The van der Waals surface area contributed by atoms with Gasteiger partial charge in [-0.05, 0) is 37.5 Å². The van der Waals surface area contributed by atoms with Gasteiger partial charge >= 0.3 is 0 Å². The van der Waals surface area contributed by atoms with Crippen LogP contribution in [0.25, 0.3) is 6.08 Å². The third kappa shape index (κ3) is 1.37. The van der Waals surface area contributed by atoms with E-state index in [1.807, 2.05) is 6.08 Å². The number of hydrogen-bond donors (Lipinski definition) is 0. The second kappa shape index (κ2) is 3.28. The van der Waals surface area contributed by atoms with Crippen molar-refractivity contribution in [3.8, 4) is 0 Å². The molecule has 0 unspecified atom stereocenters. The highest BCUT2D eigenvalue weighted by Gasteiger charge is 2.03. The standard InChI is InChI=1S/C11H16Si/c1-5-10-6-7(2)11(12)9(4)8(10)3/h5-6H,1H2,2-4,12H3. The van der Waals surface area contributed by atoms with Gasteiger partial charge in [0.15, 0.2) is 0 Å². The molecule has 0 aromatic heterocycles. The molecule has 0 saturated heterocycles. The average molecular weight is 176 g/mol. The maximum Gasteiger partial charge on any atom is 0.0392 e. The topological polar surface area (TPSA) is 0 Å². The largest absolute Gasteiger partial charge is 0.0985 e. The Bertz CT molecular complexity index is 324. The normalized spacial score (nSPS) is 10.2. The summed E-state index contributed by atoms with van der Waals surface area (Å²) in [7, 11) is 1.14. The monoisotopic (exact) mass is 176 g/mol. The molecule has 0 bridgehead atoms. The minimum Gasteiger partial charge on any atom is -0.0985 e. The van der Waals surface area contributed by atoms with Crippen LogP contribution in [0.3, 0.4) is 0 Å². The molecule has 0 heterocycles. The Balaban J connectivity index is 3.49. The first-order valence-corrected chi connectivity index (χ1v) is 5.27. The molecule has 1 heteroatoms. The van der Waals surface area contributed by atoms with Crippen LogP contribution < -0.4 is 5.19 Å². The van der Waals surface area contributed by atoms with Crippen molar-refractivity contribution in [2.75, 3.05) is 0 Å². The summed E-state index contributed by atoms with van der Waals surface area (Å²) in [5.74, 6) is 0. The van der Waals surface area contributed by atoms with Crippen molar-refractivity contribution in [3.63, 3.8) is 0 Å². The summed E-state index contributed by atoms with van der Waals surface area (Å²) >= 11 is 0. The molecule has 0 spiro atoms. The summed E-state index contributed by atoms with van der Waals surface area (Å²) in [6, 6.07) is 2.23. The molecule has 12 heavy (non-hydrogen) atoms. The molecule has 0 aliphatic carbocycles. The molecule has 1 aromatic rings. The third-order valence-electron chi connectivity index (χ3n) is 2.74. The van der Waals surface area contributed by atoms with E-state index in [2.05, 4.69) is 33.4 Å². The van der Waals surface area contributed by atoms with E-state index < -0.39 is 0 Å². The zero-order valence-electron chi connectivity index (χ0n) is 8.36. The van der Waals surface area contributed by atoms with Gasteiger partial charge in [-0.3, -0.25) is 0 Å². The van der Waals surface area contributed by atoms with E-state index in [1.165, 1.54) is 27.4 Å². The van der Waals surface area contributed by atoms with Gasteiger partial charge in [0.2, 0.25) is 0 Å². The smallest absolute Gasteiger partial charge is 0.0392 e. The maximum absolute atomic E-state index is 3.81. The molecular formula is C11H16Si. The van der Waals surface area contributed by atoms with E-state index in [1.54, 1.807) is 0 Å². The molecule has 0 radical (unpaired) electrons. The lowest BCUT2D eigenvalue weighted by molar-refractivity contribution is 1.32. The highest BCUT2D eigenvalue weighted by atomic mass is 28.1. The van der Waals surface area contributed by atoms with Crippen LogP contribution >= 0.6 is 0 Å². The Kier molecular flexibility index (Phi) is 2.53. The Hall–Kier alpha value is -0.823. The summed E-state index contributed by atoms with van der Waals surface area (Å²) in [6.45, 7) is 10.4. The van der Waals surface area contributed by atoms with E-state index >= 15 is 0 Å². The summed E-state index contributed by atoms with van der Waals surface area (Å²) in [6.07, 6.45) is 1.94. The molecule has 1 rings (SSSR count). The fourth-order valence-electron chi connectivity index (χ4n) is 1.46. The Morgan fingerprint density at radius 3 is 2.33 bits per heavy atom. The minimum atomic E-state index is 1.14. The second-order valence-electron chi connectivity index (χ2n) is 3.36. The molecule has 1 aromatic carbocycles. The van der Waals surface area contributed by atoms with Crippen molar-refractivity contribution in [1.82, 2.24) is 0 Å². The molecule has 0 fully saturated rings. The number of hydrogen-bond acceptors (Lipinski definition) is 0. The van der Waals surface area contributed by atoms with Gasteiger partial charge in [-0.1, -0.05) is 29.5 Å². The first kappa shape index (κ1) is 9.27. The van der Waals surface area contributed by atoms with Crippen LogP contribution in [0.2, 0.25) is 0 Å². The number of aryl methyl sites for hydroxylation is 1. The lowest BCUT2D eigenvalue weighted by Crippen LogP contribution is -2.13. The van der Waals surface area contributed by atoms with Gasteiger partial charge in [-0.15, -0.1) is 0 Å². The van der Waals surface area contributed by atoms with E-state index in [9.17, 15) is 0 Å². The number of rotatable bonds is 1. The molecule has 0 saturated carbocycles. The third-order valence-corrected chi connectivity index (χ3v) is 4.28. The minimum absolute atomic E-state index is 1.14. The predicted molar refractivity (Wildman–Crippen MR) is 60.3 cm³/mol. The maximum atomic E-state index is 3.81. The van der Waals surface area contributed by atoms with Crippen molar-refractivity contribution >= 4 is 21.5 Å². The van der Waals surface area contributed by atoms with Crippen LogP contribution in [0.4, 0.5) is 0 Å². The lowest BCUT2D eigenvalue weighted by atomic mass is 10.00. The highest BCUT2D eigenvalue weighted by molar-refractivity contribution is 6.34. The highest BCUT2D eigenvalue weighted by Crippen LogP contribution is 2.14. The van der Waals surface area contributed by atoms with Gasteiger partial charge < -0.3 is 0 Å². The van der Waals surface area contributed by atoms with Crippen LogP contribution in [0.15, 0.2) is 12.6 Å². The van der Waals surface area contributed by atoms with Crippen LogP contribution in [-0.4, -0.2) is 10.2 Å². The van der Waals surface area contributed by atoms with Gasteiger partial charge in [0.25, 0.3) is 0 Å². The molecular weight excluding hydrogens is 160 g/mol. The molecule has 0 N–H and O–H groups in total. The molecule has 0 aliphatic heterocycles. The summed E-state index contributed by atoms with van der Waals surface area (Å²) in [4.78, 5) is 0. The van der Waals surface area contributed by atoms with Crippen molar-refractivity contribution in [1.29, 1.82) is 0 Å². The average Bonchev–Trinajstić information content (AvgIpc) is 2.08. The van der Waals surface area contributed by atoms with Gasteiger partial charge in [-0.25, -0.2) is 0 Å². The van der Waals surface area contributed by atoms with E-state index in [0.29, 0.717) is 0 Å². The molecule has 0 nitrogen and oxygen atoms in total. The second-order valence-corrected chi connectivity index (χ2v) is 4.36. The fourth-order valence-corrected chi connectivity index (χ4v) is 1.97. The van der Waals surface area contributed by atoms with Crippen LogP contribution in [-0.2, 0) is 0 Å². The van der Waals surface area contributed by atoms with Gasteiger partial charge in [-0.2, -0.15) is 0 Å². The fraction of sp³-hybridized carbons (Fsp3) is 0.273. The van der Waals surface area contributed by atoms with Gasteiger partial charge in [0, 0.05) is 10.2 Å². The van der Waals surface area contributed by atoms with Crippen molar-refractivity contribution in [2.24, 2.45) is 0 Å². The zero-order valence-corrected chi connectivity index (χ0v) is 10.4. The molecule has 0 atom stereocenters. The number of benzene rings is 1. The Morgan fingerprint density at radius 2 is 1.83 bits per heavy atom. The van der Waals surface area contributed by atoms with E-state index in [0.717, 1.165) is 10.2 Å². The van der Waals surface area contributed by atoms with Crippen molar-refractivity contribution in [2.45, 2.75) is 20.8 Å². The van der Waals surface area contributed by atoms with Gasteiger partial charge in [0.1, 0.15) is 0 Å². The lowest BCUT2D eigenvalue weighted by Gasteiger charge is -2.11. The molecule has 0 amide bonds. The first-order chi connectivity index (χ1) is 5.57. The van der Waals surface area contributed by atoms with Crippen LogP contribution in [0.5, 0.6) is 0 Å². The van der Waals surface area contributed by atoms with E-state index in [-0.39, 0.29) is 0 Å². The van der Waals surface area contributed by atoms with Gasteiger partial charge in [0.05, 0.1) is 0 Å². The Morgan fingerprint density at radius 1 is 1.25 bits per heavy atom. The quantitative estimate of drug-likeness (QED) is 0.565. The molecule has 0 aliphatic rings. The SMILES string of the molecule is C=Cc1cc(C)c([SiH3])c(C)c1C. The predicted octanol–water partition coefficient (Wildman–Crippen LogP) is 1.25. The van der Waals surface area contributed by atoms with Crippen molar-refractivity contribution < 1.29 is 0 Å². The molecule has 64 valence electrons.